The summed E-state index contributed by atoms with van der Waals surface area (Å²) in [5.41, 5.74) is 0.981. The van der Waals surface area contributed by atoms with E-state index in [-0.39, 0.29) is 12.1 Å². The van der Waals surface area contributed by atoms with Crippen LogP contribution in [-0.2, 0) is 11.8 Å². The van der Waals surface area contributed by atoms with Gasteiger partial charge in [0.2, 0.25) is 0 Å². The zero-order valence-electron chi connectivity index (χ0n) is 11.2. The van der Waals surface area contributed by atoms with Gasteiger partial charge in [0.15, 0.2) is 0 Å². The van der Waals surface area contributed by atoms with E-state index in [1.165, 1.54) is 0 Å². The van der Waals surface area contributed by atoms with E-state index >= 15 is 0 Å². The Morgan fingerprint density at radius 3 is 2.53 bits per heavy atom. The third-order valence-corrected chi connectivity index (χ3v) is 3.21. The molecule has 1 aromatic rings. The molecule has 0 bridgehead atoms. The fourth-order valence-electron chi connectivity index (χ4n) is 2.15. The first-order chi connectivity index (χ1) is 8.02. The Hall–Kier alpha value is -0.580. The van der Waals surface area contributed by atoms with Gasteiger partial charge in [-0.1, -0.05) is 32.4 Å². The van der Waals surface area contributed by atoms with E-state index in [4.69, 9.17) is 16.3 Å². The van der Waals surface area contributed by atoms with Gasteiger partial charge in [-0.25, -0.2) is 0 Å². The Kier molecular flexibility index (Phi) is 5.43. The zero-order chi connectivity index (χ0) is 13.0. The lowest BCUT2D eigenvalue weighted by Crippen LogP contribution is -2.38. The fraction of sp³-hybridized carbons (Fsp3) is 0.750. The molecular formula is C12H22ClN3O. The Morgan fingerprint density at radius 1 is 1.53 bits per heavy atom. The number of ether oxygens (including phenoxy) is 1. The van der Waals surface area contributed by atoms with Gasteiger partial charge in [-0.3, -0.25) is 4.68 Å². The van der Waals surface area contributed by atoms with Crippen LogP contribution >= 0.6 is 11.6 Å². The van der Waals surface area contributed by atoms with Gasteiger partial charge in [0.1, 0.15) is 0 Å². The largest absolute Gasteiger partial charge is 0.379 e. The Balaban J connectivity index is 3.07. The summed E-state index contributed by atoms with van der Waals surface area (Å²) >= 11 is 6.20. The average Bonchev–Trinajstić information content (AvgIpc) is 2.58. The molecule has 98 valence electrons. The van der Waals surface area contributed by atoms with Crippen LogP contribution in [0.25, 0.3) is 0 Å². The van der Waals surface area contributed by atoms with E-state index in [1.807, 2.05) is 11.7 Å². The van der Waals surface area contributed by atoms with Crippen molar-refractivity contribution in [1.29, 1.82) is 0 Å². The smallest absolute Gasteiger partial charge is 0.0835 e. The van der Waals surface area contributed by atoms with Gasteiger partial charge < -0.3 is 10.1 Å². The molecule has 1 N–H and O–H groups in total. The molecule has 5 heteroatoms. The SMILES string of the molecule is CCNC(c1c(Cl)cnn1C)C(OC)C(C)C. The maximum Gasteiger partial charge on any atom is 0.0835 e. The maximum atomic E-state index is 6.20. The van der Waals surface area contributed by atoms with Crippen molar-refractivity contribution in [2.75, 3.05) is 13.7 Å². The van der Waals surface area contributed by atoms with Gasteiger partial charge in [-0.15, -0.1) is 0 Å². The molecule has 1 rings (SSSR count). The van der Waals surface area contributed by atoms with Gasteiger partial charge in [0.05, 0.1) is 29.1 Å². The normalized spacial score (nSPS) is 15.2. The second kappa shape index (κ2) is 6.38. The van der Waals surface area contributed by atoms with Gasteiger partial charge in [0.25, 0.3) is 0 Å². The van der Waals surface area contributed by atoms with Crippen molar-refractivity contribution in [3.63, 3.8) is 0 Å². The van der Waals surface area contributed by atoms with Crippen LogP contribution in [0, 0.1) is 5.92 Å². The minimum absolute atomic E-state index is 0.0602. The molecule has 0 aliphatic rings. The molecule has 0 saturated heterocycles. The number of rotatable bonds is 6. The average molecular weight is 260 g/mol. The lowest BCUT2D eigenvalue weighted by atomic mass is 9.96. The van der Waals surface area contributed by atoms with Crippen LogP contribution in [0.3, 0.4) is 0 Å². The fourth-order valence-corrected chi connectivity index (χ4v) is 2.44. The highest BCUT2D eigenvalue weighted by atomic mass is 35.5. The molecule has 0 radical (unpaired) electrons. The number of likely N-dealkylation sites (N-methyl/N-ethyl adjacent to an activating group) is 1. The lowest BCUT2D eigenvalue weighted by molar-refractivity contribution is 0.0309. The second-order valence-corrected chi connectivity index (χ2v) is 4.89. The molecule has 0 aliphatic heterocycles. The molecule has 0 saturated carbocycles. The summed E-state index contributed by atoms with van der Waals surface area (Å²) in [6, 6.07) is 0.0602. The third kappa shape index (κ3) is 3.21. The molecular weight excluding hydrogens is 238 g/mol. The molecule has 0 fully saturated rings. The quantitative estimate of drug-likeness (QED) is 0.853. The second-order valence-electron chi connectivity index (χ2n) is 4.48. The van der Waals surface area contributed by atoms with Gasteiger partial charge in [-0.2, -0.15) is 5.10 Å². The van der Waals surface area contributed by atoms with Crippen LogP contribution in [0.4, 0.5) is 0 Å². The zero-order valence-corrected chi connectivity index (χ0v) is 12.0. The Labute approximate surface area is 108 Å². The van der Waals surface area contributed by atoms with Crippen molar-refractivity contribution in [3.8, 4) is 0 Å². The van der Waals surface area contributed by atoms with Crippen molar-refractivity contribution in [2.24, 2.45) is 13.0 Å². The molecule has 0 amide bonds. The number of nitrogens with one attached hydrogen (secondary N) is 1. The van der Waals surface area contributed by atoms with Crippen molar-refractivity contribution in [1.82, 2.24) is 15.1 Å². The number of methoxy groups -OCH3 is 1. The summed E-state index contributed by atoms with van der Waals surface area (Å²) in [4.78, 5) is 0. The molecule has 2 unspecified atom stereocenters. The highest BCUT2D eigenvalue weighted by Gasteiger charge is 2.29. The van der Waals surface area contributed by atoms with Crippen LogP contribution in [0.2, 0.25) is 5.02 Å². The number of hydrogen-bond donors (Lipinski definition) is 1. The monoisotopic (exact) mass is 259 g/mol. The Bertz CT molecular complexity index is 332. The molecule has 1 heterocycles. The predicted molar refractivity (Wildman–Crippen MR) is 70.3 cm³/mol. The van der Waals surface area contributed by atoms with Gasteiger partial charge >= 0.3 is 0 Å². The summed E-state index contributed by atoms with van der Waals surface area (Å²) < 4.78 is 7.41. The third-order valence-electron chi connectivity index (χ3n) is 2.91. The van der Waals surface area contributed by atoms with Gasteiger partial charge in [0, 0.05) is 14.2 Å². The molecule has 0 spiro atoms. The number of nitrogens with zero attached hydrogens (tertiary/aromatic N) is 2. The number of aryl methyl sites for hydroxylation is 1. The highest BCUT2D eigenvalue weighted by molar-refractivity contribution is 6.31. The first-order valence-corrected chi connectivity index (χ1v) is 6.34. The van der Waals surface area contributed by atoms with E-state index in [0.717, 1.165) is 12.2 Å². The molecule has 17 heavy (non-hydrogen) atoms. The lowest BCUT2D eigenvalue weighted by Gasteiger charge is -2.30. The van der Waals surface area contributed by atoms with Crippen LogP contribution in [-0.4, -0.2) is 29.5 Å². The van der Waals surface area contributed by atoms with Crippen LogP contribution < -0.4 is 5.32 Å². The summed E-state index contributed by atoms with van der Waals surface area (Å²) in [5.74, 6) is 0.398. The first-order valence-electron chi connectivity index (χ1n) is 5.96. The minimum atomic E-state index is 0.0602. The van der Waals surface area contributed by atoms with E-state index in [1.54, 1.807) is 13.3 Å². The first kappa shape index (κ1) is 14.5. The Morgan fingerprint density at radius 2 is 2.18 bits per heavy atom. The van der Waals surface area contributed by atoms with Crippen LogP contribution in [0.1, 0.15) is 32.5 Å². The highest BCUT2D eigenvalue weighted by Crippen LogP contribution is 2.29. The van der Waals surface area contributed by atoms with E-state index in [9.17, 15) is 0 Å². The molecule has 0 aromatic carbocycles. The number of aromatic nitrogens is 2. The van der Waals surface area contributed by atoms with E-state index in [0.29, 0.717) is 10.9 Å². The van der Waals surface area contributed by atoms with Crippen LogP contribution in [0.15, 0.2) is 6.20 Å². The predicted octanol–water partition coefficient (Wildman–Crippen LogP) is 2.40. The van der Waals surface area contributed by atoms with Crippen molar-refractivity contribution >= 4 is 11.6 Å². The maximum absolute atomic E-state index is 6.20. The van der Waals surface area contributed by atoms with Gasteiger partial charge in [-0.05, 0) is 12.5 Å². The molecule has 0 aliphatic carbocycles. The van der Waals surface area contributed by atoms with Crippen molar-refractivity contribution in [2.45, 2.75) is 32.9 Å². The molecule has 2 atom stereocenters. The minimum Gasteiger partial charge on any atom is -0.379 e. The number of hydrogen-bond acceptors (Lipinski definition) is 3. The van der Waals surface area contributed by atoms with E-state index < -0.39 is 0 Å². The molecule has 1 aromatic heterocycles. The standard InChI is InChI=1S/C12H22ClN3O/c1-6-14-10(12(17-5)8(2)3)11-9(13)7-15-16(11)4/h7-8,10,12,14H,6H2,1-5H3. The summed E-state index contributed by atoms with van der Waals surface area (Å²) in [6.07, 6.45) is 1.75. The summed E-state index contributed by atoms with van der Waals surface area (Å²) in [6.45, 7) is 7.22. The van der Waals surface area contributed by atoms with Crippen molar-refractivity contribution in [3.05, 3.63) is 16.9 Å². The van der Waals surface area contributed by atoms with Crippen molar-refractivity contribution < 1.29 is 4.74 Å². The topological polar surface area (TPSA) is 39.1 Å². The number of halogens is 1. The van der Waals surface area contributed by atoms with E-state index in [2.05, 4.69) is 31.2 Å². The summed E-state index contributed by atoms with van der Waals surface area (Å²) in [7, 11) is 3.64. The summed E-state index contributed by atoms with van der Waals surface area (Å²) in [5, 5.41) is 8.29. The van der Waals surface area contributed by atoms with Crippen LogP contribution in [0.5, 0.6) is 0 Å². The molecule has 4 nitrogen and oxygen atoms in total.